The van der Waals surface area contributed by atoms with Crippen LogP contribution in [0, 0.1) is 6.92 Å². The van der Waals surface area contributed by atoms with Crippen molar-refractivity contribution in [3.63, 3.8) is 0 Å². The lowest BCUT2D eigenvalue weighted by Crippen LogP contribution is -2.12. The highest BCUT2D eigenvalue weighted by Gasteiger charge is 2.11. The number of amides is 1. The normalized spacial score (nSPS) is 10.6. The van der Waals surface area contributed by atoms with Gasteiger partial charge in [-0.1, -0.05) is 17.3 Å². The van der Waals surface area contributed by atoms with Gasteiger partial charge in [-0.25, -0.2) is 4.98 Å². The first-order valence-corrected chi connectivity index (χ1v) is 8.24. The van der Waals surface area contributed by atoms with Gasteiger partial charge in [-0.15, -0.1) is 0 Å². The number of nitrogens with one attached hydrogen (secondary N) is 2. The predicted octanol–water partition coefficient (Wildman–Crippen LogP) is 4.16. The molecule has 1 amide bonds. The monoisotopic (exact) mass is 352 g/mol. The van der Waals surface area contributed by atoms with E-state index in [1.54, 1.807) is 31.3 Å². The molecule has 0 aliphatic heterocycles. The van der Waals surface area contributed by atoms with Crippen LogP contribution in [0.4, 0.5) is 17.3 Å². The number of rotatable bonds is 6. The standard InChI is InChI=1S/C19H20N4O3/c1-12(2)25-16-7-5-4-6-15(16)21-17-11-14(8-9-20-17)19(24)22-18-10-13(3)26-23-18/h4-12H,1-3H3,(H,20,21)(H,22,23,24). The van der Waals surface area contributed by atoms with E-state index in [-0.39, 0.29) is 12.0 Å². The van der Waals surface area contributed by atoms with Crippen molar-refractivity contribution in [2.45, 2.75) is 26.9 Å². The van der Waals surface area contributed by atoms with Gasteiger partial charge in [-0.2, -0.15) is 0 Å². The lowest BCUT2D eigenvalue weighted by Gasteiger charge is -2.15. The molecule has 134 valence electrons. The van der Waals surface area contributed by atoms with Crippen molar-refractivity contribution >= 4 is 23.2 Å². The number of nitrogens with zero attached hydrogens (tertiary/aromatic N) is 2. The number of hydrogen-bond donors (Lipinski definition) is 2. The number of carbonyl (C=O) groups excluding carboxylic acids is 1. The van der Waals surface area contributed by atoms with E-state index < -0.39 is 0 Å². The van der Waals surface area contributed by atoms with E-state index in [1.807, 2.05) is 38.1 Å². The van der Waals surface area contributed by atoms with Gasteiger partial charge in [0, 0.05) is 17.8 Å². The molecule has 0 atom stereocenters. The summed E-state index contributed by atoms with van der Waals surface area (Å²) in [4.78, 5) is 16.6. The molecule has 2 heterocycles. The number of ether oxygens (including phenoxy) is 1. The van der Waals surface area contributed by atoms with Gasteiger partial charge in [0.25, 0.3) is 5.91 Å². The molecule has 0 saturated heterocycles. The molecule has 3 aromatic rings. The van der Waals surface area contributed by atoms with E-state index >= 15 is 0 Å². The quantitative estimate of drug-likeness (QED) is 0.692. The van der Waals surface area contributed by atoms with Crippen molar-refractivity contribution in [2.75, 3.05) is 10.6 Å². The minimum absolute atomic E-state index is 0.0499. The summed E-state index contributed by atoms with van der Waals surface area (Å²) in [6.45, 7) is 5.69. The summed E-state index contributed by atoms with van der Waals surface area (Å²) in [7, 11) is 0. The third-order valence-corrected chi connectivity index (χ3v) is 3.40. The van der Waals surface area contributed by atoms with Crippen LogP contribution in [-0.4, -0.2) is 22.2 Å². The maximum atomic E-state index is 12.4. The largest absolute Gasteiger partial charge is 0.489 e. The number of para-hydroxylation sites is 2. The molecule has 2 aromatic heterocycles. The van der Waals surface area contributed by atoms with E-state index in [9.17, 15) is 4.79 Å². The minimum atomic E-state index is -0.296. The van der Waals surface area contributed by atoms with Gasteiger partial charge in [0.1, 0.15) is 17.3 Å². The van der Waals surface area contributed by atoms with Crippen molar-refractivity contribution in [1.82, 2.24) is 10.1 Å². The van der Waals surface area contributed by atoms with Gasteiger partial charge in [-0.3, -0.25) is 4.79 Å². The summed E-state index contributed by atoms with van der Waals surface area (Å²) in [5.74, 6) is 1.95. The molecule has 2 N–H and O–H groups in total. The van der Waals surface area contributed by atoms with Crippen LogP contribution in [0.1, 0.15) is 30.0 Å². The summed E-state index contributed by atoms with van der Waals surface area (Å²) in [6, 6.07) is 12.5. The fourth-order valence-electron chi connectivity index (χ4n) is 2.32. The molecule has 7 nitrogen and oxygen atoms in total. The highest BCUT2D eigenvalue weighted by atomic mass is 16.5. The first-order chi connectivity index (χ1) is 12.5. The molecule has 0 saturated carbocycles. The van der Waals surface area contributed by atoms with Gasteiger partial charge in [0.05, 0.1) is 11.8 Å². The first kappa shape index (κ1) is 17.5. The second-order valence-corrected chi connectivity index (χ2v) is 5.99. The second kappa shape index (κ2) is 7.69. The zero-order valence-electron chi connectivity index (χ0n) is 14.8. The maximum Gasteiger partial charge on any atom is 0.257 e. The number of anilines is 3. The summed E-state index contributed by atoms with van der Waals surface area (Å²) < 4.78 is 10.7. The Bertz CT molecular complexity index is 905. The summed E-state index contributed by atoms with van der Waals surface area (Å²) >= 11 is 0. The van der Waals surface area contributed by atoms with Crippen LogP contribution in [0.25, 0.3) is 0 Å². The van der Waals surface area contributed by atoms with Gasteiger partial charge in [0.15, 0.2) is 5.82 Å². The molecule has 0 fully saturated rings. The van der Waals surface area contributed by atoms with Gasteiger partial charge in [-0.05, 0) is 45.0 Å². The van der Waals surface area contributed by atoms with Crippen LogP contribution in [0.2, 0.25) is 0 Å². The molecular formula is C19H20N4O3. The Labute approximate surface area is 151 Å². The molecule has 26 heavy (non-hydrogen) atoms. The van der Waals surface area contributed by atoms with Gasteiger partial charge in [0.2, 0.25) is 0 Å². The maximum absolute atomic E-state index is 12.4. The van der Waals surface area contributed by atoms with E-state index in [0.29, 0.717) is 23.0 Å². The van der Waals surface area contributed by atoms with Crippen molar-refractivity contribution in [3.8, 4) is 5.75 Å². The van der Waals surface area contributed by atoms with Crippen LogP contribution in [-0.2, 0) is 0 Å². The SMILES string of the molecule is Cc1cc(NC(=O)c2ccnc(Nc3ccccc3OC(C)C)c2)no1. The number of pyridine rings is 1. The average molecular weight is 352 g/mol. The zero-order chi connectivity index (χ0) is 18.5. The lowest BCUT2D eigenvalue weighted by atomic mass is 10.2. The van der Waals surface area contributed by atoms with Crippen LogP contribution in [0.3, 0.4) is 0 Å². The molecular weight excluding hydrogens is 332 g/mol. The molecule has 0 aliphatic rings. The zero-order valence-corrected chi connectivity index (χ0v) is 14.8. The molecule has 0 spiro atoms. The predicted molar refractivity (Wildman–Crippen MR) is 98.9 cm³/mol. The minimum Gasteiger partial charge on any atom is -0.489 e. The summed E-state index contributed by atoms with van der Waals surface area (Å²) in [5, 5.41) is 9.63. The van der Waals surface area contributed by atoms with Crippen molar-refractivity contribution in [3.05, 3.63) is 60.0 Å². The Balaban J connectivity index is 1.76. The van der Waals surface area contributed by atoms with E-state index in [4.69, 9.17) is 9.26 Å². The third-order valence-electron chi connectivity index (χ3n) is 3.40. The highest BCUT2D eigenvalue weighted by Crippen LogP contribution is 2.27. The van der Waals surface area contributed by atoms with Gasteiger partial charge >= 0.3 is 0 Å². The van der Waals surface area contributed by atoms with E-state index in [1.165, 1.54) is 0 Å². The average Bonchev–Trinajstić information content (AvgIpc) is 3.01. The Morgan fingerprint density at radius 3 is 2.69 bits per heavy atom. The van der Waals surface area contributed by atoms with E-state index in [0.717, 1.165) is 11.4 Å². The molecule has 0 aliphatic carbocycles. The smallest absolute Gasteiger partial charge is 0.257 e. The molecule has 3 rings (SSSR count). The summed E-state index contributed by atoms with van der Waals surface area (Å²) in [6.07, 6.45) is 1.62. The van der Waals surface area contributed by atoms with Crippen LogP contribution in [0.5, 0.6) is 5.75 Å². The number of hydrogen-bond acceptors (Lipinski definition) is 6. The Morgan fingerprint density at radius 1 is 1.15 bits per heavy atom. The molecule has 0 radical (unpaired) electrons. The topological polar surface area (TPSA) is 89.3 Å². The fraction of sp³-hybridized carbons (Fsp3) is 0.211. The molecule has 0 bridgehead atoms. The van der Waals surface area contributed by atoms with E-state index in [2.05, 4.69) is 20.8 Å². The summed E-state index contributed by atoms with van der Waals surface area (Å²) in [5.41, 5.74) is 1.23. The second-order valence-electron chi connectivity index (χ2n) is 5.99. The number of aryl methyl sites for hydroxylation is 1. The van der Waals surface area contributed by atoms with Crippen LogP contribution in [0.15, 0.2) is 53.2 Å². The Kier molecular flexibility index (Phi) is 5.17. The fourth-order valence-corrected chi connectivity index (χ4v) is 2.32. The Hall–Kier alpha value is -3.35. The third kappa shape index (κ3) is 4.38. The number of carbonyl (C=O) groups is 1. The molecule has 7 heteroatoms. The first-order valence-electron chi connectivity index (χ1n) is 8.24. The highest BCUT2D eigenvalue weighted by molar-refractivity contribution is 6.04. The molecule has 1 aromatic carbocycles. The van der Waals surface area contributed by atoms with Crippen molar-refractivity contribution in [1.29, 1.82) is 0 Å². The van der Waals surface area contributed by atoms with Crippen LogP contribution >= 0.6 is 0 Å². The number of aromatic nitrogens is 2. The molecule has 0 unspecified atom stereocenters. The Morgan fingerprint density at radius 2 is 1.96 bits per heavy atom. The van der Waals surface area contributed by atoms with Crippen molar-refractivity contribution in [2.24, 2.45) is 0 Å². The van der Waals surface area contributed by atoms with Crippen LogP contribution < -0.4 is 15.4 Å². The lowest BCUT2D eigenvalue weighted by molar-refractivity contribution is 0.102. The van der Waals surface area contributed by atoms with Crippen molar-refractivity contribution < 1.29 is 14.1 Å². The number of benzene rings is 1. The van der Waals surface area contributed by atoms with Gasteiger partial charge < -0.3 is 19.9 Å².